The minimum absolute atomic E-state index is 0.549. The molecule has 102 valence electrons. The van der Waals surface area contributed by atoms with Crippen molar-refractivity contribution in [1.29, 1.82) is 0 Å². The standard InChI is InChI=1S/C16H26O2/c1-12-10-13(2)15(18-5)14(11-12)8-6-7-9-16(3,4)17/h10-11,17H,6-9H2,1-5H3. The number of ether oxygens (including phenoxy) is 1. The van der Waals surface area contributed by atoms with Crippen LogP contribution in [0.2, 0.25) is 0 Å². The van der Waals surface area contributed by atoms with Gasteiger partial charge in [-0.15, -0.1) is 0 Å². The van der Waals surface area contributed by atoms with Crippen LogP contribution >= 0.6 is 0 Å². The zero-order valence-electron chi connectivity index (χ0n) is 12.3. The van der Waals surface area contributed by atoms with E-state index in [-0.39, 0.29) is 0 Å². The van der Waals surface area contributed by atoms with Gasteiger partial charge in [0.15, 0.2) is 0 Å². The fraction of sp³-hybridized carbons (Fsp3) is 0.625. The summed E-state index contributed by atoms with van der Waals surface area (Å²) in [5.41, 5.74) is 3.22. The Kier molecular flexibility index (Phi) is 5.21. The summed E-state index contributed by atoms with van der Waals surface area (Å²) in [6.45, 7) is 7.94. The lowest BCUT2D eigenvalue weighted by molar-refractivity contribution is 0.0682. The third kappa shape index (κ3) is 4.69. The van der Waals surface area contributed by atoms with Crippen molar-refractivity contribution in [3.8, 4) is 5.75 Å². The van der Waals surface area contributed by atoms with Crippen LogP contribution in [0.5, 0.6) is 5.75 Å². The maximum absolute atomic E-state index is 9.68. The Labute approximate surface area is 111 Å². The average molecular weight is 250 g/mol. The number of hydrogen-bond donors (Lipinski definition) is 1. The van der Waals surface area contributed by atoms with Crippen molar-refractivity contribution in [2.75, 3.05) is 7.11 Å². The SMILES string of the molecule is COc1c(C)cc(C)cc1CCCCC(C)(C)O. The van der Waals surface area contributed by atoms with Crippen LogP contribution in [-0.4, -0.2) is 17.8 Å². The van der Waals surface area contributed by atoms with Gasteiger partial charge in [0, 0.05) is 0 Å². The third-order valence-corrected chi connectivity index (χ3v) is 3.18. The van der Waals surface area contributed by atoms with E-state index in [4.69, 9.17) is 4.74 Å². The summed E-state index contributed by atoms with van der Waals surface area (Å²) in [7, 11) is 1.73. The molecule has 1 aromatic carbocycles. The molecule has 1 aromatic rings. The molecule has 0 bridgehead atoms. The molecule has 2 nitrogen and oxygen atoms in total. The smallest absolute Gasteiger partial charge is 0.124 e. The van der Waals surface area contributed by atoms with Crippen molar-refractivity contribution in [3.05, 3.63) is 28.8 Å². The van der Waals surface area contributed by atoms with Gasteiger partial charge in [-0.25, -0.2) is 0 Å². The van der Waals surface area contributed by atoms with Crippen molar-refractivity contribution in [2.24, 2.45) is 0 Å². The van der Waals surface area contributed by atoms with Gasteiger partial charge in [-0.3, -0.25) is 0 Å². The van der Waals surface area contributed by atoms with Gasteiger partial charge in [0.1, 0.15) is 5.75 Å². The first-order valence-corrected chi connectivity index (χ1v) is 6.70. The highest BCUT2D eigenvalue weighted by molar-refractivity contribution is 5.43. The first-order chi connectivity index (χ1) is 8.33. The molecule has 0 fully saturated rings. The van der Waals surface area contributed by atoms with E-state index in [9.17, 15) is 5.11 Å². The summed E-state index contributed by atoms with van der Waals surface area (Å²) < 4.78 is 5.48. The van der Waals surface area contributed by atoms with Crippen LogP contribution in [0.3, 0.4) is 0 Å². The number of aryl methyl sites for hydroxylation is 3. The molecule has 0 saturated carbocycles. The summed E-state index contributed by atoms with van der Waals surface area (Å²) in [5, 5.41) is 9.68. The Hall–Kier alpha value is -1.02. The van der Waals surface area contributed by atoms with Crippen LogP contribution in [0.1, 0.15) is 49.8 Å². The van der Waals surface area contributed by atoms with E-state index in [1.165, 1.54) is 16.7 Å². The van der Waals surface area contributed by atoms with Crippen molar-refractivity contribution in [3.63, 3.8) is 0 Å². The van der Waals surface area contributed by atoms with Gasteiger partial charge in [0.05, 0.1) is 12.7 Å². The van der Waals surface area contributed by atoms with Gasteiger partial charge in [-0.05, 0) is 58.1 Å². The van der Waals surface area contributed by atoms with Crippen LogP contribution in [0, 0.1) is 13.8 Å². The zero-order chi connectivity index (χ0) is 13.8. The molecule has 1 N–H and O–H groups in total. The van der Waals surface area contributed by atoms with Gasteiger partial charge in [0.2, 0.25) is 0 Å². The highest BCUT2D eigenvalue weighted by atomic mass is 16.5. The zero-order valence-corrected chi connectivity index (χ0v) is 12.3. The first-order valence-electron chi connectivity index (χ1n) is 6.70. The molecule has 18 heavy (non-hydrogen) atoms. The molecule has 0 unspecified atom stereocenters. The predicted octanol–water partition coefficient (Wildman–Crippen LogP) is 3.80. The number of rotatable bonds is 6. The van der Waals surface area contributed by atoms with Crippen molar-refractivity contribution in [1.82, 2.24) is 0 Å². The lowest BCUT2D eigenvalue weighted by Gasteiger charge is -2.17. The molecule has 0 heterocycles. The fourth-order valence-electron chi connectivity index (χ4n) is 2.39. The van der Waals surface area contributed by atoms with Crippen LogP contribution in [-0.2, 0) is 6.42 Å². The quantitative estimate of drug-likeness (QED) is 0.778. The number of benzene rings is 1. The molecule has 0 aliphatic heterocycles. The normalized spacial score (nSPS) is 11.7. The summed E-state index contributed by atoms with van der Waals surface area (Å²) in [4.78, 5) is 0. The fourth-order valence-corrected chi connectivity index (χ4v) is 2.39. The number of aliphatic hydroxyl groups is 1. The Bertz CT molecular complexity index is 389. The monoisotopic (exact) mass is 250 g/mol. The van der Waals surface area contributed by atoms with Gasteiger partial charge in [-0.2, -0.15) is 0 Å². The van der Waals surface area contributed by atoms with E-state index in [1.54, 1.807) is 7.11 Å². The highest BCUT2D eigenvalue weighted by Gasteiger charge is 2.12. The van der Waals surface area contributed by atoms with Crippen LogP contribution in [0.25, 0.3) is 0 Å². The van der Waals surface area contributed by atoms with Gasteiger partial charge in [0.25, 0.3) is 0 Å². The molecule has 0 saturated heterocycles. The molecule has 0 amide bonds. The van der Waals surface area contributed by atoms with Gasteiger partial charge >= 0.3 is 0 Å². The minimum Gasteiger partial charge on any atom is -0.496 e. The second kappa shape index (κ2) is 6.24. The summed E-state index contributed by atoms with van der Waals surface area (Å²) >= 11 is 0. The van der Waals surface area contributed by atoms with Gasteiger partial charge in [-0.1, -0.05) is 24.1 Å². The highest BCUT2D eigenvalue weighted by Crippen LogP contribution is 2.27. The number of methoxy groups -OCH3 is 1. The Balaban J connectivity index is 2.61. The third-order valence-electron chi connectivity index (χ3n) is 3.18. The minimum atomic E-state index is -0.549. The molecule has 0 aromatic heterocycles. The van der Waals surface area contributed by atoms with Crippen molar-refractivity contribution in [2.45, 2.75) is 59.0 Å². The van der Waals surface area contributed by atoms with E-state index >= 15 is 0 Å². The van der Waals surface area contributed by atoms with Gasteiger partial charge < -0.3 is 9.84 Å². The van der Waals surface area contributed by atoms with Crippen LogP contribution in [0.15, 0.2) is 12.1 Å². The Morgan fingerprint density at radius 2 is 1.83 bits per heavy atom. The Morgan fingerprint density at radius 1 is 1.17 bits per heavy atom. The largest absolute Gasteiger partial charge is 0.496 e. The molecule has 0 atom stereocenters. The van der Waals surface area contributed by atoms with E-state index in [0.29, 0.717) is 0 Å². The molecule has 0 spiro atoms. The van der Waals surface area contributed by atoms with Crippen LogP contribution in [0.4, 0.5) is 0 Å². The molecule has 0 aliphatic rings. The van der Waals surface area contributed by atoms with E-state index in [2.05, 4.69) is 26.0 Å². The predicted molar refractivity (Wildman–Crippen MR) is 76.3 cm³/mol. The second-order valence-corrected chi connectivity index (χ2v) is 5.79. The second-order valence-electron chi connectivity index (χ2n) is 5.79. The number of hydrogen-bond acceptors (Lipinski definition) is 2. The van der Waals surface area contributed by atoms with E-state index in [0.717, 1.165) is 31.4 Å². The van der Waals surface area contributed by atoms with E-state index in [1.807, 2.05) is 13.8 Å². The summed E-state index contributed by atoms with van der Waals surface area (Å²) in [6.07, 6.45) is 3.99. The molecule has 2 heteroatoms. The molecule has 0 aliphatic carbocycles. The topological polar surface area (TPSA) is 29.5 Å². The first kappa shape index (κ1) is 15.0. The molecular formula is C16H26O2. The maximum Gasteiger partial charge on any atom is 0.124 e. The molecule has 1 rings (SSSR count). The molecule has 0 radical (unpaired) electrons. The summed E-state index contributed by atoms with van der Waals surface area (Å²) in [5.74, 6) is 1.02. The van der Waals surface area contributed by atoms with Crippen molar-refractivity contribution < 1.29 is 9.84 Å². The average Bonchev–Trinajstić information content (AvgIpc) is 2.22. The molecular weight excluding hydrogens is 224 g/mol. The van der Waals surface area contributed by atoms with Crippen molar-refractivity contribution >= 4 is 0 Å². The lowest BCUT2D eigenvalue weighted by Crippen LogP contribution is -2.17. The maximum atomic E-state index is 9.68. The summed E-state index contributed by atoms with van der Waals surface area (Å²) in [6, 6.07) is 4.36. The lowest BCUT2D eigenvalue weighted by atomic mass is 9.97. The van der Waals surface area contributed by atoms with Crippen LogP contribution < -0.4 is 4.74 Å². The van der Waals surface area contributed by atoms with E-state index < -0.39 is 5.60 Å². The Morgan fingerprint density at radius 3 is 2.39 bits per heavy atom. The number of unbranched alkanes of at least 4 members (excludes halogenated alkanes) is 1.